The van der Waals surface area contributed by atoms with Gasteiger partial charge in [0.1, 0.15) is 12.8 Å². The number of nitrogens with one attached hydrogen (secondary N) is 1. The number of alkyl halides is 1. The monoisotopic (exact) mass is 443 g/mol. The fraction of sp³-hybridized carbons (Fsp3) is 0.619. The van der Waals surface area contributed by atoms with E-state index in [-0.39, 0.29) is 12.1 Å². The van der Waals surface area contributed by atoms with Crippen LogP contribution in [0.2, 0.25) is 0 Å². The van der Waals surface area contributed by atoms with Crippen molar-refractivity contribution < 1.29 is 23.5 Å². The third kappa shape index (κ3) is 7.31. The first kappa shape index (κ1) is 24.7. The van der Waals surface area contributed by atoms with Crippen LogP contribution < -0.4 is 11.1 Å². The summed E-state index contributed by atoms with van der Waals surface area (Å²) < 4.78 is 30.3. The molecule has 0 bridgehead atoms. The number of nitrogens with two attached hydrogens (primary N) is 1. The van der Waals surface area contributed by atoms with Gasteiger partial charge in [0.2, 0.25) is 0 Å². The second-order valence-corrected chi connectivity index (χ2v) is 9.25. The first-order chi connectivity index (χ1) is 14.2. The molecule has 1 fully saturated rings. The van der Waals surface area contributed by atoms with Gasteiger partial charge < -0.3 is 30.9 Å². The van der Waals surface area contributed by atoms with Crippen molar-refractivity contribution in [3.8, 4) is 0 Å². The van der Waals surface area contributed by atoms with Crippen LogP contribution >= 0.6 is 0 Å². The molecule has 1 heterocycles. The number of ether oxygens (including phenoxy) is 1. The van der Waals surface area contributed by atoms with Crippen molar-refractivity contribution in [2.24, 2.45) is 5.73 Å². The van der Waals surface area contributed by atoms with Crippen molar-refractivity contribution in [2.75, 3.05) is 26.5 Å². The number of benzene rings is 1. The average molecular weight is 444 g/mol. The fourth-order valence-electron chi connectivity index (χ4n) is 3.53. The standard InChI is InChI=1S/C21H34FN3O4S/c1-14-10-17(11-20(26)29-14)25(2)9-8-16(23)13-24-19(12-22)21(27)15-4-6-18(7-5-15)30(3)28/h4-7,13-14,17,19-21,24,26-27H,8-12,23H2,1-3H3/b16-13-. The minimum Gasteiger partial charge on any atom is -0.401 e. The maximum absolute atomic E-state index is 13.5. The zero-order valence-corrected chi connectivity index (χ0v) is 18.6. The van der Waals surface area contributed by atoms with Crippen molar-refractivity contribution >= 4 is 10.8 Å². The molecule has 6 unspecified atom stereocenters. The molecule has 1 aromatic rings. The van der Waals surface area contributed by atoms with E-state index in [2.05, 4.69) is 10.2 Å². The van der Waals surface area contributed by atoms with E-state index in [1.54, 1.807) is 30.5 Å². The molecule has 2 rings (SSSR count). The lowest BCUT2D eigenvalue weighted by molar-refractivity contribution is -0.173. The Kier molecular flexibility index (Phi) is 9.70. The zero-order chi connectivity index (χ0) is 22.3. The van der Waals surface area contributed by atoms with Crippen LogP contribution in [0.3, 0.4) is 0 Å². The highest BCUT2D eigenvalue weighted by molar-refractivity contribution is 7.84. The van der Waals surface area contributed by atoms with Crippen LogP contribution in [0.5, 0.6) is 0 Å². The number of nitrogens with zero attached hydrogens (tertiary/aromatic N) is 1. The van der Waals surface area contributed by atoms with Crippen molar-refractivity contribution in [3.63, 3.8) is 0 Å². The van der Waals surface area contributed by atoms with Gasteiger partial charge in [-0.05, 0) is 38.1 Å². The first-order valence-corrected chi connectivity index (χ1v) is 11.7. The molecule has 0 saturated carbocycles. The van der Waals surface area contributed by atoms with Gasteiger partial charge in [-0.1, -0.05) is 12.1 Å². The number of hydrogen-bond donors (Lipinski definition) is 4. The molecule has 7 nitrogen and oxygen atoms in total. The summed E-state index contributed by atoms with van der Waals surface area (Å²) in [6, 6.07) is 6.00. The van der Waals surface area contributed by atoms with Crippen LogP contribution in [0, 0.1) is 0 Å². The van der Waals surface area contributed by atoms with E-state index in [9.17, 15) is 18.8 Å². The Bertz CT molecular complexity index is 709. The van der Waals surface area contributed by atoms with E-state index in [4.69, 9.17) is 10.5 Å². The quantitative estimate of drug-likeness (QED) is 0.433. The Morgan fingerprint density at radius 3 is 2.67 bits per heavy atom. The van der Waals surface area contributed by atoms with E-state index >= 15 is 0 Å². The van der Waals surface area contributed by atoms with Crippen LogP contribution in [0.1, 0.15) is 37.9 Å². The van der Waals surface area contributed by atoms with Crippen LogP contribution in [-0.2, 0) is 15.5 Å². The molecule has 0 amide bonds. The lowest BCUT2D eigenvalue weighted by atomic mass is 10.0. The van der Waals surface area contributed by atoms with Crippen molar-refractivity contribution in [1.82, 2.24) is 10.2 Å². The molecule has 6 atom stereocenters. The third-order valence-corrected chi connectivity index (χ3v) is 6.36. The Morgan fingerprint density at radius 1 is 1.43 bits per heavy atom. The van der Waals surface area contributed by atoms with E-state index in [0.29, 0.717) is 35.5 Å². The molecule has 170 valence electrons. The molecular formula is C21H34FN3O4S. The predicted molar refractivity (Wildman–Crippen MR) is 116 cm³/mol. The Morgan fingerprint density at radius 2 is 2.10 bits per heavy atom. The number of aliphatic hydroxyl groups is 2. The van der Waals surface area contributed by atoms with Crippen molar-refractivity contribution in [2.45, 2.75) is 61.7 Å². The maximum Gasteiger partial charge on any atom is 0.156 e. The van der Waals surface area contributed by atoms with Crippen LogP contribution in [0.25, 0.3) is 0 Å². The third-order valence-electron chi connectivity index (χ3n) is 5.43. The molecule has 30 heavy (non-hydrogen) atoms. The van der Waals surface area contributed by atoms with E-state index in [1.165, 1.54) is 6.20 Å². The van der Waals surface area contributed by atoms with Gasteiger partial charge in [0, 0.05) is 59.3 Å². The first-order valence-electron chi connectivity index (χ1n) is 10.1. The topological polar surface area (TPSA) is 108 Å². The number of rotatable bonds is 10. The fourth-order valence-corrected chi connectivity index (χ4v) is 4.05. The molecule has 0 aromatic heterocycles. The van der Waals surface area contributed by atoms with Gasteiger partial charge in [-0.15, -0.1) is 0 Å². The SMILES string of the molecule is CC1CC(N(C)CC/C(N)=C/NC(CF)C(O)c2ccc(S(C)=O)cc2)CC(O)O1. The minimum absolute atomic E-state index is 0.00828. The molecule has 1 saturated heterocycles. The van der Waals surface area contributed by atoms with E-state index in [1.807, 2.05) is 14.0 Å². The second-order valence-electron chi connectivity index (χ2n) is 7.87. The number of halogens is 1. The van der Waals surface area contributed by atoms with Crippen molar-refractivity contribution in [3.05, 3.63) is 41.7 Å². The highest BCUT2D eigenvalue weighted by Gasteiger charge is 2.28. The van der Waals surface area contributed by atoms with Gasteiger partial charge in [0.15, 0.2) is 6.29 Å². The zero-order valence-electron chi connectivity index (χ0n) is 17.8. The largest absolute Gasteiger partial charge is 0.401 e. The summed E-state index contributed by atoms with van der Waals surface area (Å²) >= 11 is 0. The van der Waals surface area contributed by atoms with Gasteiger partial charge in [-0.3, -0.25) is 4.21 Å². The molecule has 1 aliphatic heterocycles. The summed E-state index contributed by atoms with van der Waals surface area (Å²) in [6.07, 6.45) is 3.29. The molecule has 1 aromatic carbocycles. The Hall–Kier alpha value is -1.52. The summed E-state index contributed by atoms with van der Waals surface area (Å²) in [6.45, 7) is 1.86. The van der Waals surface area contributed by atoms with Gasteiger partial charge in [-0.2, -0.15) is 0 Å². The summed E-state index contributed by atoms with van der Waals surface area (Å²) in [4.78, 5) is 2.79. The van der Waals surface area contributed by atoms with Crippen LogP contribution in [0.15, 0.2) is 41.1 Å². The second kappa shape index (κ2) is 11.8. The minimum atomic E-state index is -1.11. The molecule has 9 heteroatoms. The molecule has 1 aliphatic rings. The summed E-state index contributed by atoms with van der Waals surface area (Å²) in [5.74, 6) is 0. The van der Waals surface area contributed by atoms with Gasteiger partial charge in [0.25, 0.3) is 0 Å². The van der Waals surface area contributed by atoms with Gasteiger partial charge >= 0.3 is 0 Å². The Balaban J connectivity index is 1.86. The molecule has 0 radical (unpaired) electrons. The van der Waals surface area contributed by atoms with Crippen LogP contribution in [0.4, 0.5) is 4.39 Å². The van der Waals surface area contributed by atoms with Gasteiger partial charge in [0.05, 0.1) is 12.1 Å². The molecule has 0 spiro atoms. The maximum atomic E-state index is 13.5. The van der Waals surface area contributed by atoms with E-state index in [0.717, 1.165) is 6.42 Å². The number of aliphatic hydroxyl groups excluding tert-OH is 2. The molecular weight excluding hydrogens is 409 g/mol. The average Bonchev–Trinajstić information content (AvgIpc) is 2.71. The molecule has 5 N–H and O–H groups in total. The Labute approximate surface area is 180 Å². The van der Waals surface area contributed by atoms with E-state index < -0.39 is 35.9 Å². The highest BCUT2D eigenvalue weighted by Crippen LogP contribution is 2.22. The predicted octanol–water partition coefficient (Wildman–Crippen LogP) is 1.39. The number of hydrogen-bond acceptors (Lipinski definition) is 7. The lowest BCUT2D eigenvalue weighted by Gasteiger charge is -2.36. The van der Waals surface area contributed by atoms with Gasteiger partial charge in [-0.25, -0.2) is 4.39 Å². The summed E-state index contributed by atoms with van der Waals surface area (Å²) in [5, 5.41) is 23.1. The normalized spacial score (nSPS) is 25.7. The highest BCUT2D eigenvalue weighted by atomic mass is 32.2. The lowest BCUT2D eigenvalue weighted by Crippen LogP contribution is -2.43. The summed E-state index contributed by atoms with van der Waals surface area (Å²) in [5.41, 5.74) is 7.15. The van der Waals surface area contributed by atoms with Crippen molar-refractivity contribution in [1.29, 1.82) is 0 Å². The smallest absolute Gasteiger partial charge is 0.156 e. The molecule has 0 aliphatic carbocycles. The summed E-state index contributed by atoms with van der Waals surface area (Å²) in [7, 11) is 0.876. The van der Waals surface area contributed by atoms with Crippen LogP contribution in [-0.4, -0.2) is 70.3 Å².